The fourth-order valence-corrected chi connectivity index (χ4v) is 2.98. The van der Waals surface area contributed by atoms with Crippen molar-refractivity contribution in [2.24, 2.45) is 0 Å². The highest BCUT2D eigenvalue weighted by Crippen LogP contribution is 2.33. The van der Waals surface area contributed by atoms with Crippen molar-refractivity contribution in [2.75, 3.05) is 18.5 Å². The average Bonchev–Trinajstić information content (AvgIpc) is 2.75. The topological polar surface area (TPSA) is 84.3 Å². The van der Waals surface area contributed by atoms with Crippen LogP contribution in [0.5, 0.6) is 0 Å². The van der Waals surface area contributed by atoms with Crippen LogP contribution in [-0.4, -0.2) is 40.3 Å². The predicted molar refractivity (Wildman–Crippen MR) is 78.7 cm³/mol. The van der Waals surface area contributed by atoms with Crippen molar-refractivity contribution in [1.82, 2.24) is 9.97 Å². The number of carbonyl (C=O) groups is 1. The second kappa shape index (κ2) is 6.15. The van der Waals surface area contributed by atoms with E-state index in [1.807, 2.05) is 13.8 Å². The molecule has 0 radical (unpaired) electrons. The third kappa shape index (κ3) is 2.88. The Hall–Kier alpha value is -1.73. The van der Waals surface area contributed by atoms with Crippen LogP contribution in [0.15, 0.2) is 6.33 Å². The molecule has 0 aliphatic carbocycles. The zero-order valence-corrected chi connectivity index (χ0v) is 12.5. The standard InChI is InChI=1S/C13H17N3O3S/c1-4-19-7(2)5-14-11-9-8(3)10(13(17)18)20-12(9)16-6-15-11/h6-7H,4-5H2,1-3H3,(H,17,18)(H,14,15,16). The summed E-state index contributed by atoms with van der Waals surface area (Å²) in [5, 5.41) is 13.1. The summed E-state index contributed by atoms with van der Waals surface area (Å²) in [6.45, 7) is 6.96. The molecule has 1 unspecified atom stereocenters. The first-order valence-corrected chi connectivity index (χ1v) is 7.19. The van der Waals surface area contributed by atoms with Gasteiger partial charge in [0.2, 0.25) is 0 Å². The van der Waals surface area contributed by atoms with Crippen molar-refractivity contribution in [1.29, 1.82) is 0 Å². The van der Waals surface area contributed by atoms with Crippen LogP contribution in [0, 0.1) is 6.92 Å². The molecule has 2 heterocycles. The Labute approximate surface area is 120 Å². The number of carboxylic acids is 1. The van der Waals surface area contributed by atoms with Crippen LogP contribution < -0.4 is 5.32 Å². The number of nitrogens with zero attached hydrogens (tertiary/aromatic N) is 2. The Bertz CT molecular complexity index is 627. The number of hydrogen-bond donors (Lipinski definition) is 2. The van der Waals surface area contributed by atoms with Gasteiger partial charge in [0, 0.05) is 13.2 Å². The fraction of sp³-hybridized carbons (Fsp3) is 0.462. The van der Waals surface area contributed by atoms with Gasteiger partial charge in [0.1, 0.15) is 21.9 Å². The minimum absolute atomic E-state index is 0.0582. The lowest BCUT2D eigenvalue weighted by Gasteiger charge is -2.13. The lowest BCUT2D eigenvalue weighted by molar-refractivity contribution is 0.0701. The van der Waals surface area contributed by atoms with Crippen LogP contribution in [0.4, 0.5) is 5.82 Å². The molecule has 2 rings (SSSR count). The molecule has 0 spiro atoms. The van der Waals surface area contributed by atoms with Gasteiger partial charge in [-0.2, -0.15) is 0 Å². The lowest BCUT2D eigenvalue weighted by Crippen LogP contribution is -2.20. The Morgan fingerprint density at radius 1 is 1.55 bits per heavy atom. The highest BCUT2D eigenvalue weighted by molar-refractivity contribution is 7.20. The van der Waals surface area contributed by atoms with Crippen molar-refractivity contribution in [3.8, 4) is 0 Å². The van der Waals surface area contributed by atoms with E-state index in [0.29, 0.717) is 34.2 Å². The Morgan fingerprint density at radius 3 is 2.95 bits per heavy atom. The maximum absolute atomic E-state index is 11.2. The van der Waals surface area contributed by atoms with E-state index in [-0.39, 0.29) is 6.10 Å². The van der Waals surface area contributed by atoms with Gasteiger partial charge in [-0.15, -0.1) is 11.3 Å². The van der Waals surface area contributed by atoms with Crippen LogP contribution in [0.2, 0.25) is 0 Å². The zero-order valence-electron chi connectivity index (χ0n) is 11.6. The van der Waals surface area contributed by atoms with E-state index in [2.05, 4.69) is 15.3 Å². The van der Waals surface area contributed by atoms with Gasteiger partial charge in [-0.05, 0) is 26.3 Å². The minimum Gasteiger partial charge on any atom is -0.477 e. The Morgan fingerprint density at radius 2 is 2.30 bits per heavy atom. The number of carboxylic acid groups (broad SMARTS) is 1. The van der Waals surface area contributed by atoms with E-state index in [0.717, 1.165) is 5.39 Å². The second-order valence-electron chi connectivity index (χ2n) is 4.41. The number of aromatic nitrogens is 2. The van der Waals surface area contributed by atoms with Gasteiger partial charge in [0.25, 0.3) is 0 Å². The second-order valence-corrected chi connectivity index (χ2v) is 5.41. The van der Waals surface area contributed by atoms with Gasteiger partial charge in [-0.3, -0.25) is 0 Å². The molecule has 0 saturated carbocycles. The van der Waals surface area contributed by atoms with Crippen molar-refractivity contribution in [3.05, 3.63) is 16.8 Å². The molecule has 0 aliphatic rings. The Balaban J connectivity index is 2.32. The molecule has 2 N–H and O–H groups in total. The van der Waals surface area contributed by atoms with Crippen molar-refractivity contribution in [2.45, 2.75) is 26.9 Å². The molecule has 1 atom stereocenters. The molecular weight excluding hydrogens is 278 g/mol. The van der Waals surface area contributed by atoms with Crippen LogP contribution in [0.3, 0.4) is 0 Å². The SMILES string of the molecule is CCOC(C)CNc1ncnc2sc(C(=O)O)c(C)c12. The molecule has 7 heteroatoms. The van der Waals surface area contributed by atoms with Crippen LogP contribution in [0.1, 0.15) is 29.1 Å². The van der Waals surface area contributed by atoms with Gasteiger partial charge < -0.3 is 15.2 Å². The largest absolute Gasteiger partial charge is 0.477 e. The lowest BCUT2D eigenvalue weighted by atomic mass is 10.2. The first-order valence-electron chi connectivity index (χ1n) is 6.37. The normalized spacial score (nSPS) is 12.6. The van der Waals surface area contributed by atoms with Crippen LogP contribution in [-0.2, 0) is 4.74 Å². The van der Waals surface area contributed by atoms with Gasteiger partial charge in [0.15, 0.2) is 0 Å². The zero-order chi connectivity index (χ0) is 14.7. The predicted octanol–water partition coefficient (Wildman–Crippen LogP) is 2.53. The van der Waals surface area contributed by atoms with Gasteiger partial charge in [-0.1, -0.05) is 0 Å². The quantitative estimate of drug-likeness (QED) is 0.852. The van der Waals surface area contributed by atoms with Crippen LogP contribution >= 0.6 is 11.3 Å². The molecule has 20 heavy (non-hydrogen) atoms. The van der Waals surface area contributed by atoms with E-state index in [1.54, 1.807) is 6.92 Å². The van der Waals surface area contributed by atoms with Crippen molar-refractivity contribution in [3.63, 3.8) is 0 Å². The number of thiophene rings is 1. The molecule has 0 amide bonds. The maximum atomic E-state index is 11.2. The summed E-state index contributed by atoms with van der Waals surface area (Å²) in [5.41, 5.74) is 0.699. The van der Waals surface area contributed by atoms with Gasteiger partial charge in [0.05, 0.1) is 11.5 Å². The molecule has 0 aromatic carbocycles. The van der Waals surface area contributed by atoms with E-state index in [1.165, 1.54) is 17.7 Å². The van der Waals surface area contributed by atoms with Gasteiger partial charge >= 0.3 is 5.97 Å². The highest BCUT2D eigenvalue weighted by atomic mass is 32.1. The maximum Gasteiger partial charge on any atom is 0.346 e. The third-order valence-electron chi connectivity index (χ3n) is 2.93. The molecule has 108 valence electrons. The minimum atomic E-state index is -0.931. The molecule has 6 nitrogen and oxygen atoms in total. The number of aryl methyl sites for hydroxylation is 1. The monoisotopic (exact) mass is 295 g/mol. The van der Waals surface area contributed by atoms with E-state index in [4.69, 9.17) is 9.84 Å². The highest BCUT2D eigenvalue weighted by Gasteiger charge is 2.18. The summed E-state index contributed by atoms with van der Waals surface area (Å²) < 4.78 is 5.45. The molecule has 2 aromatic heterocycles. The first kappa shape index (κ1) is 14.7. The summed E-state index contributed by atoms with van der Waals surface area (Å²) >= 11 is 1.17. The molecule has 0 aliphatic heterocycles. The van der Waals surface area contributed by atoms with Crippen LogP contribution in [0.25, 0.3) is 10.2 Å². The van der Waals surface area contributed by atoms with E-state index >= 15 is 0 Å². The number of ether oxygens (including phenoxy) is 1. The average molecular weight is 295 g/mol. The van der Waals surface area contributed by atoms with Gasteiger partial charge in [-0.25, -0.2) is 14.8 Å². The molecule has 0 saturated heterocycles. The van der Waals surface area contributed by atoms with E-state index in [9.17, 15) is 4.79 Å². The number of aromatic carboxylic acids is 1. The molecule has 2 aromatic rings. The Kier molecular flexibility index (Phi) is 4.51. The van der Waals surface area contributed by atoms with E-state index < -0.39 is 5.97 Å². The number of rotatable bonds is 6. The molecule has 0 bridgehead atoms. The fourth-order valence-electron chi connectivity index (χ4n) is 1.99. The number of anilines is 1. The summed E-state index contributed by atoms with van der Waals surface area (Å²) in [4.78, 5) is 20.5. The summed E-state index contributed by atoms with van der Waals surface area (Å²) in [6, 6.07) is 0. The summed E-state index contributed by atoms with van der Waals surface area (Å²) in [7, 11) is 0. The first-order chi connectivity index (χ1) is 9.54. The number of fused-ring (bicyclic) bond motifs is 1. The van der Waals surface area contributed by atoms with Crippen molar-refractivity contribution < 1.29 is 14.6 Å². The smallest absolute Gasteiger partial charge is 0.346 e. The molecular formula is C13H17N3O3S. The summed E-state index contributed by atoms with van der Waals surface area (Å²) in [5.74, 6) is -0.276. The third-order valence-corrected chi connectivity index (χ3v) is 4.12. The number of nitrogens with one attached hydrogen (secondary N) is 1. The molecule has 0 fully saturated rings. The van der Waals surface area contributed by atoms with Crippen molar-refractivity contribution >= 4 is 33.3 Å². The number of hydrogen-bond acceptors (Lipinski definition) is 6. The summed E-state index contributed by atoms with van der Waals surface area (Å²) in [6.07, 6.45) is 1.50.